The van der Waals surface area contributed by atoms with Gasteiger partial charge < -0.3 is 10.1 Å². The zero-order valence-electron chi connectivity index (χ0n) is 18.5. The van der Waals surface area contributed by atoms with Gasteiger partial charge >= 0.3 is 16.3 Å². The molecule has 32 heavy (non-hydrogen) atoms. The monoisotopic (exact) mass is 459 g/mol. The third-order valence-electron chi connectivity index (χ3n) is 4.90. The Bertz CT molecular complexity index is 1040. The van der Waals surface area contributed by atoms with Crippen LogP contribution in [0, 0.1) is 0 Å². The number of hydrogen-bond acceptors (Lipinski definition) is 5. The van der Waals surface area contributed by atoms with Crippen LogP contribution in [0.15, 0.2) is 60.7 Å². The molecule has 1 saturated heterocycles. The van der Waals surface area contributed by atoms with E-state index in [1.54, 1.807) is 45.0 Å². The SMILES string of the molecule is CC(C)(C)OC(=O)N1CC(C(=O)NCCc2ccccc2)N(Cc2ccccc2)S1(=O)=O. The van der Waals surface area contributed by atoms with Gasteiger partial charge in [0.15, 0.2) is 0 Å². The van der Waals surface area contributed by atoms with Gasteiger partial charge in [0.1, 0.15) is 11.6 Å². The van der Waals surface area contributed by atoms with Gasteiger partial charge in [0, 0.05) is 13.1 Å². The maximum Gasteiger partial charge on any atom is 0.425 e. The molecule has 172 valence electrons. The van der Waals surface area contributed by atoms with Crippen LogP contribution in [0.2, 0.25) is 0 Å². The van der Waals surface area contributed by atoms with Gasteiger partial charge in [-0.3, -0.25) is 4.79 Å². The maximum absolute atomic E-state index is 13.2. The average molecular weight is 460 g/mol. The van der Waals surface area contributed by atoms with E-state index in [0.717, 1.165) is 9.87 Å². The third kappa shape index (κ3) is 5.86. The van der Waals surface area contributed by atoms with Crippen LogP contribution in [-0.2, 0) is 32.7 Å². The fourth-order valence-corrected chi connectivity index (χ4v) is 4.98. The third-order valence-corrected chi connectivity index (χ3v) is 6.73. The van der Waals surface area contributed by atoms with E-state index in [2.05, 4.69) is 5.32 Å². The molecule has 0 saturated carbocycles. The highest BCUT2D eigenvalue weighted by atomic mass is 32.2. The van der Waals surface area contributed by atoms with Crippen LogP contribution in [-0.4, -0.2) is 53.8 Å². The molecule has 1 aliphatic heterocycles. The Morgan fingerprint density at radius 2 is 1.56 bits per heavy atom. The molecule has 8 nitrogen and oxygen atoms in total. The smallest absolute Gasteiger partial charge is 0.425 e. The minimum atomic E-state index is -4.24. The summed E-state index contributed by atoms with van der Waals surface area (Å²) in [5, 5.41) is 2.81. The number of amides is 2. The summed E-state index contributed by atoms with van der Waals surface area (Å²) in [5.74, 6) is -0.452. The summed E-state index contributed by atoms with van der Waals surface area (Å²) in [6.45, 7) is 4.99. The molecule has 0 bridgehead atoms. The fourth-order valence-electron chi connectivity index (χ4n) is 3.37. The fraction of sp³-hybridized carbons (Fsp3) is 0.391. The van der Waals surface area contributed by atoms with E-state index in [9.17, 15) is 18.0 Å². The van der Waals surface area contributed by atoms with Gasteiger partial charge in [-0.05, 0) is 38.3 Å². The molecular formula is C23H29N3O5S. The molecule has 0 radical (unpaired) electrons. The number of carbonyl (C=O) groups excluding carboxylic acids is 2. The predicted octanol–water partition coefficient (Wildman–Crippen LogP) is 2.71. The summed E-state index contributed by atoms with van der Waals surface area (Å²) < 4.78 is 33.4. The zero-order chi connectivity index (χ0) is 23.4. The quantitative estimate of drug-likeness (QED) is 0.717. The van der Waals surface area contributed by atoms with Gasteiger partial charge in [0.25, 0.3) is 0 Å². The summed E-state index contributed by atoms with van der Waals surface area (Å²) in [4.78, 5) is 25.6. The highest BCUT2D eigenvalue weighted by Crippen LogP contribution is 2.27. The van der Waals surface area contributed by atoms with E-state index in [1.165, 1.54) is 0 Å². The van der Waals surface area contributed by atoms with Gasteiger partial charge in [0.2, 0.25) is 5.91 Å². The van der Waals surface area contributed by atoms with Crippen LogP contribution >= 0.6 is 0 Å². The molecule has 2 aromatic carbocycles. The van der Waals surface area contributed by atoms with Gasteiger partial charge in [-0.15, -0.1) is 0 Å². The van der Waals surface area contributed by atoms with Crippen LogP contribution in [0.3, 0.4) is 0 Å². The lowest BCUT2D eigenvalue weighted by molar-refractivity contribution is -0.124. The first-order valence-corrected chi connectivity index (χ1v) is 11.9. The molecule has 0 spiro atoms. The molecule has 0 aliphatic carbocycles. The second-order valence-corrected chi connectivity index (χ2v) is 10.4. The normalized spacial score (nSPS) is 18.3. The van der Waals surface area contributed by atoms with Gasteiger partial charge in [-0.2, -0.15) is 17.0 Å². The van der Waals surface area contributed by atoms with Crippen molar-refractivity contribution in [3.63, 3.8) is 0 Å². The zero-order valence-corrected chi connectivity index (χ0v) is 19.3. The molecule has 1 N–H and O–H groups in total. The topological polar surface area (TPSA) is 96.0 Å². The maximum atomic E-state index is 13.2. The average Bonchev–Trinajstić information content (AvgIpc) is 2.99. The van der Waals surface area contributed by atoms with Gasteiger partial charge in [-0.25, -0.2) is 4.79 Å². The summed E-state index contributed by atoms with van der Waals surface area (Å²) in [6.07, 6.45) is -0.379. The number of nitrogens with one attached hydrogen (secondary N) is 1. The van der Waals surface area contributed by atoms with Crippen molar-refractivity contribution in [3.05, 3.63) is 71.8 Å². The number of nitrogens with zero attached hydrogens (tertiary/aromatic N) is 2. The van der Waals surface area contributed by atoms with E-state index < -0.39 is 33.9 Å². The molecule has 1 atom stereocenters. The first-order chi connectivity index (χ1) is 15.1. The van der Waals surface area contributed by atoms with E-state index in [0.29, 0.717) is 22.8 Å². The van der Waals surface area contributed by atoms with Crippen molar-refractivity contribution in [2.75, 3.05) is 13.1 Å². The lowest BCUT2D eigenvalue weighted by Crippen LogP contribution is -2.46. The second kappa shape index (κ2) is 9.70. The van der Waals surface area contributed by atoms with Crippen LogP contribution in [0.4, 0.5) is 4.79 Å². The minimum Gasteiger partial charge on any atom is -0.443 e. The molecule has 1 heterocycles. The molecule has 3 rings (SSSR count). The first kappa shape index (κ1) is 23.7. The summed E-state index contributed by atoms with van der Waals surface area (Å²) >= 11 is 0. The van der Waals surface area contributed by atoms with Gasteiger partial charge in [-0.1, -0.05) is 60.7 Å². The van der Waals surface area contributed by atoms with Crippen molar-refractivity contribution in [1.82, 2.24) is 13.9 Å². The lowest BCUT2D eigenvalue weighted by Gasteiger charge is -2.24. The second-order valence-electron chi connectivity index (χ2n) is 8.59. The Morgan fingerprint density at radius 3 is 2.12 bits per heavy atom. The number of hydrogen-bond donors (Lipinski definition) is 1. The molecule has 9 heteroatoms. The van der Waals surface area contributed by atoms with Gasteiger partial charge in [0.05, 0.1) is 6.54 Å². The molecular weight excluding hydrogens is 430 g/mol. The Morgan fingerprint density at radius 1 is 1.00 bits per heavy atom. The first-order valence-electron chi connectivity index (χ1n) is 10.5. The van der Waals surface area contributed by atoms with Crippen LogP contribution in [0.5, 0.6) is 0 Å². The van der Waals surface area contributed by atoms with E-state index in [4.69, 9.17) is 4.74 Å². The Hall–Kier alpha value is -2.91. The highest BCUT2D eigenvalue weighted by molar-refractivity contribution is 7.87. The summed E-state index contributed by atoms with van der Waals surface area (Å²) in [6, 6.07) is 17.6. The molecule has 2 amide bonds. The summed E-state index contributed by atoms with van der Waals surface area (Å²) in [7, 11) is -4.24. The van der Waals surface area contributed by atoms with Crippen molar-refractivity contribution in [3.8, 4) is 0 Å². The lowest BCUT2D eigenvalue weighted by atomic mass is 10.1. The minimum absolute atomic E-state index is 0.0285. The predicted molar refractivity (Wildman–Crippen MR) is 121 cm³/mol. The Kier molecular flexibility index (Phi) is 7.20. The van der Waals surface area contributed by atoms with Crippen molar-refractivity contribution in [2.24, 2.45) is 0 Å². The number of benzene rings is 2. The molecule has 0 aromatic heterocycles. The standard InChI is InChI=1S/C23H29N3O5S/c1-23(2,3)31-22(28)26-17-20(21(27)24-15-14-18-10-6-4-7-11-18)25(32(26,29)30)16-19-12-8-5-9-13-19/h4-13,20H,14-17H2,1-3H3,(H,24,27). The van der Waals surface area contributed by atoms with E-state index >= 15 is 0 Å². The number of carbonyl (C=O) groups is 2. The number of ether oxygens (including phenoxy) is 1. The van der Waals surface area contributed by atoms with Crippen LogP contribution < -0.4 is 5.32 Å². The Labute approximate surface area is 189 Å². The molecule has 1 aliphatic rings. The van der Waals surface area contributed by atoms with Crippen molar-refractivity contribution >= 4 is 22.2 Å². The molecule has 1 fully saturated rings. The van der Waals surface area contributed by atoms with Crippen molar-refractivity contribution in [1.29, 1.82) is 0 Å². The highest BCUT2D eigenvalue weighted by Gasteiger charge is 2.50. The van der Waals surface area contributed by atoms with E-state index in [1.807, 2.05) is 36.4 Å². The summed E-state index contributed by atoms with van der Waals surface area (Å²) in [5.41, 5.74) is 0.903. The molecule has 2 aromatic rings. The van der Waals surface area contributed by atoms with Crippen LogP contribution in [0.25, 0.3) is 0 Å². The van der Waals surface area contributed by atoms with Crippen LogP contribution in [0.1, 0.15) is 31.9 Å². The molecule has 1 unspecified atom stereocenters. The number of rotatable bonds is 6. The Balaban J connectivity index is 1.78. The largest absolute Gasteiger partial charge is 0.443 e. The van der Waals surface area contributed by atoms with Crippen molar-refractivity contribution < 1.29 is 22.7 Å². The van der Waals surface area contributed by atoms with E-state index in [-0.39, 0.29) is 13.1 Å². The van der Waals surface area contributed by atoms with Crippen molar-refractivity contribution in [2.45, 2.75) is 45.4 Å².